The fraction of sp³-hybridized carbons (Fsp3) is 0.286. The number of nitrogens with zero attached hydrogens (tertiary/aromatic N) is 2. The Bertz CT molecular complexity index is 1000. The maximum Gasteiger partial charge on any atom is 0.270 e. The van der Waals surface area contributed by atoms with Gasteiger partial charge in [-0.25, -0.2) is 4.98 Å². The molecular formula is C21H21N3O3. The third-order valence-corrected chi connectivity index (χ3v) is 4.84. The van der Waals surface area contributed by atoms with Crippen LogP contribution in [0.5, 0.6) is 0 Å². The van der Waals surface area contributed by atoms with Gasteiger partial charge in [-0.3, -0.25) is 9.59 Å². The number of para-hydroxylation sites is 2. The molecular weight excluding hydrogens is 342 g/mol. The molecule has 0 radical (unpaired) electrons. The SMILES string of the molecule is O=C(CCc1nc2ccccc2[nH]c1=O)N1CCOC(c2ccccc2)C1. The molecule has 1 atom stereocenters. The number of aromatic amines is 1. The molecule has 0 spiro atoms. The van der Waals surface area contributed by atoms with Crippen LogP contribution in [0.15, 0.2) is 59.4 Å². The van der Waals surface area contributed by atoms with Crippen molar-refractivity contribution in [2.45, 2.75) is 18.9 Å². The van der Waals surface area contributed by atoms with Crippen molar-refractivity contribution in [3.63, 3.8) is 0 Å². The van der Waals surface area contributed by atoms with Crippen LogP contribution in [-0.2, 0) is 16.0 Å². The highest BCUT2D eigenvalue weighted by atomic mass is 16.5. The number of aryl methyl sites for hydroxylation is 1. The predicted octanol–water partition coefficient (Wildman–Crippen LogP) is 2.46. The standard InChI is InChI=1S/C21H21N3O3/c25-20(24-12-13-27-19(14-24)15-6-2-1-3-7-15)11-10-18-21(26)23-17-9-5-4-8-16(17)22-18/h1-9,19H,10-14H2,(H,23,26). The highest BCUT2D eigenvalue weighted by molar-refractivity contribution is 5.77. The van der Waals surface area contributed by atoms with Gasteiger partial charge in [0.05, 0.1) is 24.2 Å². The smallest absolute Gasteiger partial charge is 0.270 e. The van der Waals surface area contributed by atoms with Crippen molar-refractivity contribution in [1.82, 2.24) is 14.9 Å². The minimum absolute atomic E-state index is 0.0218. The number of ether oxygens (including phenoxy) is 1. The Morgan fingerprint density at radius 1 is 1.15 bits per heavy atom. The summed E-state index contributed by atoms with van der Waals surface area (Å²) in [5.74, 6) is 0.0218. The first-order chi connectivity index (χ1) is 13.2. The Hall–Kier alpha value is -2.99. The van der Waals surface area contributed by atoms with Gasteiger partial charge < -0.3 is 14.6 Å². The summed E-state index contributed by atoms with van der Waals surface area (Å²) in [6.07, 6.45) is 0.480. The zero-order chi connectivity index (χ0) is 18.6. The van der Waals surface area contributed by atoms with Gasteiger partial charge in [-0.15, -0.1) is 0 Å². The summed E-state index contributed by atoms with van der Waals surface area (Å²) in [5, 5.41) is 0. The van der Waals surface area contributed by atoms with E-state index >= 15 is 0 Å². The van der Waals surface area contributed by atoms with Gasteiger partial charge in [0, 0.05) is 19.4 Å². The van der Waals surface area contributed by atoms with Crippen molar-refractivity contribution in [3.05, 3.63) is 76.2 Å². The number of nitrogens with one attached hydrogen (secondary N) is 1. The van der Waals surface area contributed by atoms with Crippen LogP contribution in [0.25, 0.3) is 11.0 Å². The van der Waals surface area contributed by atoms with Crippen molar-refractivity contribution < 1.29 is 9.53 Å². The van der Waals surface area contributed by atoms with Gasteiger partial charge in [0.15, 0.2) is 0 Å². The van der Waals surface area contributed by atoms with Crippen LogP contribution in [-0.4, -0.2) is 40.5 Å². The number of fused-ring (bicyclic) bond motifs is 1. The number of H-pyrrole nitrogens is 1. The van der Waals surface area contributed by atoms with Crippen LogP contribution in [0.4, 0.5) is 0 Å². The molecule has 1 fully saturated rings. The van der Waals surface area contributed by atoms with E-state index in [-0.39, 0.29) is 24.0 Å². The molecule has 6 heteroatoms. The number of amides is 1. The van der Waals surface area contributed by atoms with Crippen LogP contribution >= 0.6 is 0 Å². The van der Waals surface area contributed by atoms with E-state index in [9.17, 15) is 9.59 Å². The Labute approximate surface area is 156 Å². The van der Waals surface area contributed by atoms with Crippen LogP contribution in [0.3, 0.4) is 0 Å². The average molecular weight is 363 g/mol. The molecule has 1 saturated heterocycles. The first kappa shape index (κ1) is 17.4. The second-order valence-electron chi connectivity index (χ2n) is 6.64. The lowest BCUT2D eigenvalue weighted by Crippen LogP contribution is -2.42. The molecule has 1 unspecified atom stereocenters. The lowest BCUT2D eigenvalue weighted by Gasteiger charge is -2.33. The summed E-state index contributed by atoms with van der Waals surface area (Å²) in [6.45, 7) is 1.62. The molecule has 1 amide bonds. The number of rotatable bonds is 4. The lowest BCUT2D eigenvalue weighted by molar-refractivity contribution is -0.139. The maximum absolute atomic E-state index is 12.7. The normalized spacial score (nSPS) is 17.2. The molecule has 6 nitrogen and oxygen atoms in total. The summed E-state index contributed by atoms with van der Waals surface area (Å²) in [7, 11) is 0. The fourth-order valence-electron chi connectivity index (χ4n) is 3.37. The number of carbonyl (C=O) groups excluding carboxylic acids is 1. The molecule has 138 valence electrons. The highest BCUT2D eigenvalue weighted by Gasteiger charge is 2.25. The number of morpholine rings is 1. The van der Waals surface area contributed by atoms with Gasteiger partial charge >= 0.3 is 0 Å². The van der Waals surface area contributed by atoms with Crippen molar-refractivity contribution in [2.24, 2.45) is 0 Å². The van der Waals surface area contributed by atoms with Gasteiger partial charge in [0.1, 0.15) is 11.8 Å². The molecule has 1 aliphatic rings. The van der Waals surface area contributed by atoms with Crippen molar-refractivity contribution in [2.75, 3.05) is 19.7 Å². The minimum Gasteiger partial charge on any atom is -0.370 e. The Morgan fingerprint density at radius 3 is 2.78 bits per heavy atom. The van der Waals surface area contributed by atoms with Crippen LogP contribution < -0.4 is 5.56 Å². The zero-order valence-electron chi connectivity index (χ0n) is 14.9. The summed E-state index contributed by atoms with van der Waals surface area (Å²) >= 11 is 0. The predicted molar refractivity (Wildman–Crippen MR) is 102 cm³/mol. The average Bonchev–Trinajstić information content (AvgIpc) is 2.72. The third-order valence-electron chi connectivity index (χ3n) is 4.84. The molecule has 2 aromatic carbocycles. The van der Waals surface area contributed by atoms with Gasteiger partial charge in [0.2, 0.25) is 5.91 Å². The highest BCUT2D eigenvalue weighted by Crippen LogP contribution is 2.22. The second kappa shape index (κ2) is 7.72. The van der Waals surface area contributed by atoms with E-state index in [1.54, 1.807) is 0 Å². The largest absolute Gasteiger partial charge is 0.370 e. The quantitative estimate of drug-likeness (QED) is 0.773. The van der Waals surface area contributed by atoms with Crippen molar-refractivity contribution in [1.29, 1.82) is 0 Å². The lowest BCUT2D eigenvalue weighted by atomic mass is 10.1. The van der Waals surface area contributed by atoms with Gasteiger partial charge in [-0.05, 0) is 17.7 Å². The zero-order valence-corrected chi connectivity index (χ0v) is 14.9. The Balaban J connectivity index is 1.42. The molecule has 0 saturated carbocycles. The van der Waals surface area contributed by atoms with E-state index in [0.29, 0.717) is 37.3 Å². The first-order valence-electron chi connectivity index (χ1n) is 9.13. The van der Waals surface area contributed by atoms with Crippen molar-refractivity contribution >= 4 is 16.9 Å². The molecule has 27 heavy (non-hydrogen) atoms. The van der Waals surface area contributed by atoms with E-state index in [4.69, 9.17) is 4.74 Å². The monoisotopic (exact) mass is 363 g/mol. The molecule has 1 aliphatic heterocycles. The second-order valence-corrected chi connectivity index (χ2v) is 6.64. The molecule has 0 aliphatic carbocycles. The maximum atomic E-state index is 12.7. The number of hydrogen-bond donors (Lipinski definition) is 1. The van der Waals surface area contributed by atoms with Gasteiger partial charge in [-0.1, -0.05) is 42.5 Å². The fourth-order valence-corrected chi connectivity index (χ4v) is 3.37. The molecule has 0 bridgehead atoms. The summed E-state index contributed by atoms with van der Waals surface area (Å²) in [4.78, 5) is 33.9. The topological polar surface area (TPSA) is 75.3 Å². The number of hydrogen-bond acceptors (Lipinski definition) is 4. The molecule has 1 N–H and O–H groups in total. The number of aromatic nitrogens is 2. The van der Waals surface area contributed by atoms with Gasteiger partial charge in [0.25, 0.3) is 5.56 Å². The van der Waals surface area contributed by atoms with E-state index in [1.807, 2.05) is 59.5 Å². The van der Waals surface area contributed by atoms with E-state index in [1.165, 1.54) is 0 Å². The summed E-state index contributed by atoms with van der Waals surface area (Å²) < 4.78 is 5.81. The molecule has 3 aromatic rings. The Morgan fingerprint density at radius 2 is 1.93 bits per heavy atom. The Kier molecular flexibility index (Phi) is 4.98. The van der Waals surface area contributed by atoms with Crippen LogP contribution in [0.2, 0.25) is 0 Å². The first-order valence-corrected chi connectivity index (χ1v) is 9.13. The van der Waals surface area contributed by atoms with E-state index < -0.39 is 0 Å². The number of carbonyl (C=O) groups is 1. The molecule has 4 rings (SSSR count). The van der Waals surface area contributed by atoms with Crippen LogP contribution in [0.1, 0.15) is 23.8 Å². The van der Waals surface area contributed by atoms with Crippen molar-refractivity contribution in [3.8, 4) is 0 Å². The molecule has 2 heterocycles. The van der Waals surface area contributed by atoms with Crippen LogP contribution in [0, 0.1) is 0 Å². The summed E-state index contributed by atoms with van der Waals surface area (Å²) in [5.41, 5.74) is 2.68. The van der Waals surface area contributed by atoms with Gasteiger partial charge in [-0.2, -0.15) is 0 Å². The van der Waals surface area contributed by atoms with E-state index in [2.05, 4.69) is 9.97 Å². The molecule has 1 aromatic heterocycles. The minimum atomic E-state index is -0.231. The van der Waals surface area contributed by atoms with E-state index in [0.717, 1.165) is 11.1 Å². The summed E-state index contributed by atoms with van der Waals surface area (Å²) in [6, 6.07) is 17.3. The third kappa shape index (κ3) is 3.90. The number of benzene rings is 2.